The molecule has 0 saturated carbocycles. The zero-order chi connectivity index (χ0) is 9.14. The Hall–Kier alpha value is -0.930. The molecule has 3 heteroatoms. The van der Waals surface area contributed by atoms with Crippen LogP contribution in [0, 0.1) is 6.92 Å². The first kappa shape index (κ1) is 9.16. The minimum absolute atomic E-state index is 0.335. The molecule has 0 aliphatic rings. The Kier molecular flexibility index (Phi) is 2.78. The standard InChI is InChI=1S/C9H14N2O/c1-6-3-4-8(5-11-6)9(10)7(2)12/h3-5,7,9,12H,10H2,1-2H3. The van der Waals surface area contributed by atoms with Gasteiger partial charge in [-0.05, 0) is 25.5 Å². The number of aliphatic hydroxyl groups excluding tert-OH is 1. The first-order valence-electron chi connectivity index (χ1n) is 3.97. The van der Waals surface area contributed by atoms with Crippen LogP contribution in [-0.4, -0.2) is 16.2 Å². The summed E-state index contributed by atoms with van der Waals surface area (Å²) < 4.78 is 0. The predicted molar refractivity (Wildman–Crippen MR) is 47.6 cm³/mol. The Morgan fingerprint density at radius 2 is 2.17 bits per heavy atom. The number of aromatic nitrogens is 1. The van der Waals surface area contributed by atoms with Crippen molar-refractivity contribution in [3.8, 4) is 0 Å². The maximum Gasteiger partial charge on any atom is 0.0705 e. The Balaban J connectivity index is 2.82. The summed E-state index contributed by atoms with van der Waals surface area (Å²) in [5.74, 6) is 0. The van der Waals surface area contributed by atoms with E-state index in [4.69, 9.17) is 5.73 Å². The molecule has 1 aromatic rings. The summed E-state index contributed by atoms with van der Waals surface area (Å²) in [5, 5.41) is 9.19. The second-order valence-electron chi connectivity index (χ2n) is 3.00. The van der Waals surface area contributed by atoms with E-state index in [1.54, 1.807) is 13.1 Å². The van der Waals surface area contributed by atoms with Gasteiger partial charge in [-0.25, -0.2) is 0 Å². The van der Waals surface area contributed by atoms with Gasteiger partial charge in [0.25, 0.3) is 0 Å². The fourth-order valence-corrected chi connectivity index (χ4v) is 0.955. The molecule has 0 saturated heterocycles. The van der Waals surface area contributed by atoms with Crippen molar-refractivity contribution in [2.24, 2.45) is 5.73 Å². The van der Waals surface area contributed by atoms with E-state index in [9.17, 15) is 5.11 Å². The predicted octanol–water partition coefficient (Wildman–Crippen LogP) is 0.771. The highest BCUT2D eigenvalue weighted by Crippen LogP contribution is 2.12. The van der Waals surface area contributed by atoms with Crippen molar-refractivity contribution in [1.82, 2.24) is 4.98 Å². The molecule has 0 aliphatic carbocycles. The van der Waals surface area contributed by atoms with Crippen molar-refractivity contribution in [3.63, 3.8) is 0 Å². The van der Waals surface area contributed by atoms with E-state index < -0.39 is 6.10 Å². The Bertz CT molecular complexity index is 243. The maximum atomic E-state index is 9.19. The molecule has 0 aromatic carbocycles. The van der Waals surface area contributed by atoms with Crippen molar-refractivity contribution in [2.45, 2.75) is 26.0 Å². The lowest BCUT2D eigenvalue weighted by Gasteiger charge is -2.14. The van der Waals surface area contributed by atoms with E-state index in [1.807, 2.05) is 19.1 Å². The summed E-state index contributed by atoms with van der Waals surface area (Å²) in [6, 6.07) is 3.44. The normalized spacial score (nSPS) is 15.7. The number of nitrogens with two attached hydrogens (primary N) is 1. The third kappa shape index (κ3) is 2.03. The van der Waals surface area contributed by atoms with Crippen LogP contribution in [0.2, 0.25) is 0 Å². The molecule has 0 spiro atoms. The molecule has 0 amide bonds. The molecule has 66 valence electrons. The van der Waals surface area contributed by atoms with E-state index in [2.05, 4.69) is 4.98 Å². The van der Waals surface area contributed by atoms with Crippen LogP contribution in [0.15, 0.2) is 18.3 Å². The molecule has 1 aromatic heterocycles. The number of aryl methyl sites for hydroxylation is 1. The molecule has 2 atom stereocenters. The summed E-state index contributed by atoms with van der Waals surface area (Å²) >= 11 is 0. The van der Waals surface area contributed by atoms with Gasteiger partial charge in [-0.2, -0.15) is 0 Å². The monoisotopic (exact) mass is 166 g/mol. The molecule has 0 fully saturated rings. The summed E-state index contributed by atoms with van der Waals surface area (Å²) in [5.41, 5.74) is 7.52. The van der Waals surface area contributed by atoms with Gasteiger partial charge in [-0.3, -0.25) is 4.98 Å². The molecule has 3 nitrogen and oxygen atoms in total. The molecule has 0 radical (unpaired) electrons. The Labute approximate surface area is 72.2 Å². The zero-order valence-electron chi connectivity index (χ0n) is 7.36. The summed E-state index contributed by atoms with van der Waals surface area (Å²) in [6.45, 7) is 3.59. The van der Waals surface area contributed by atoms with Crippen molar-refractivity contribution in [1.29, 1.82) is 0 Å². The number of rotatable bonds is 2. The fraction of sp³-hybridized carbons (Fsp3) is 0.444. The SMILES string of the molecule is Cc1ccc(C(N)C(C)O)cn1. The van der Waals surface area contributed by atoms with Crippen LogP contribution < -0.4 is 5.73 Å². The molecular formula is C9H14N2O. The van der Waals surface area contributed by atoms with E-state index >= 15 is 0 Å². The minimum atomic E-state index is -0.533. The molecule has 1 rings (SSSR count). The molecule has 12 heavy (non-hydrogen) atoms. The van der Waals surface area contributed by atoms with Crippen LogP contribution in [0.5, 0.6) is 0 Å². The largest absolute Gasteiger partial charge is 0.391 e. The highest BCUT2D eigenvalue weighted by atomic mass is 16.3. The van der Waals surface area contributed by atoms with Crippen LogP contribution in [0.4, 0.5) is 0 Å². The third-order valence-corrected chi connectivity index (χ3v) is 1.84. The smallest absolute Gasteiger partial charge is 0.0705 e. The van der Waals surface area contributed by atoms with Gasteiger partial charge < -0.3 is 10.8 Å². The topological polar surface area (TPSA) is 59.1 Å². The second-order valence-corrected chi connectivity index (χ2v) is 3.00. The van der Waals surface area contributed by atoms with Gasteiger partial charge in [0.15, 0.2) is 0 Å². The average molecular weight is 166 g/mol. The number of pyridine rings is 1. The quantitative estimate of drug-likeness (QED) is 0.682. The van der Waals surface area contributed by atoms with Gasteiger partial charge >= 0.3 is 0 Å². The Morgan fingerprint density at radius 1 is 1.50 bits per heavy atom. The van der Waals surface area contributed by atoms with Gasteiger partial charge in [0.1, 0.15) is 0 Å². The van der Waals surface area contributed by atoms with Gasteiger partial charge in [0.2, 0.25) is 0 Å². The highest BCUT2D eigenvalue weighted by Gasteiger charge is 2.11. The lowest BCUT2D eigenvalue weighted by molar-refractivity contribution is 0.164. The van der Waals surface area contributed by atoms with Crippen LogP contribution in [0.25, 0.3) is 0 Å². The van der Waals surface area contributed by atoms with Crippen molar-refractivity contribution in [2.75, 3.05) is 0 Å². The van der Waals surface area contributed by atoms with Crippen LogP contribution in [0.3, 0.4) is 0 Å². The summed E-state index contributed by atoms with van der Waals surface area (Å²) in [4.78, 5) is 4.09. The van der Waals surface area contributed by atoms with Gasteiger partial charge in [-0.1, -0.05) is 6.07 Å². The van der Waals surface area contributed by atoms with Crippen LogP contribution >= 0.6 is 0 Å². The number of hydrogen-bond acceptors (Lipinski definition) is 3. The van der Waals surface area contributed by atoms with E-state index in [-0.39, 0.29) is 6.04 Å². The molecule has 0 bridgehead atoms. The first-order chi connectivity index (χ1) is 5.61. The van der Waals surface area contributed by atoms with E-state index in [0.29, 0.717) is 0 Å². The number of hydrogen-bond donors (Lipinski definition) is 2. The molecular weight excluding hydrogens is 152 g/mol. The average Bonchev–Trinajstić information content (AvgIpc) is 2.04. The molecule has 0 aliphatic heterocycles. The number of aliphatic hydroxyl groups is 1. The number of nitrogens with zero attached hydrogens (tertiary/aromatic N) is 1. The van der Waals surface area contributed by atoms with Crippen molar-refractivity contribution in [3.05, 3.63) is 29.6 Å². The first-order valence-corrected chi connectivity index (χ1v) is 3.97. The van der Waals surface area contributed by atoms with Crippen molar-refractivity contribution < 1.29 is 5.11 Å². The van der Waals surface area contributed by atoms with E-state index in [0.717, 1.165) is 11.3 Å². The molecule has 1 heterocycles. The second kappa shape index (κ2) is 3.65. The lowest BCUT2D eigenvalue weighted by Crippen LogP contribution is -2.23. The van der Waals surface area contributed by atoms with Crippen LogP contribution in [0.1, 0.15) is 24.2 Å². The maximum absolute atomic E-state index is 9.19. The highest BCUT2D eigenvalue weighted by molar-refractivity contribution is 5.17. The zero-order valence-corrected chi connectivity index (χ0v) is 7.36. The molecule has 3 N–H and O–H groups in total. The van der Waals surface area contributed by atoms with Gasteiger partial charge in [-0.15, -0.1) is 0 Å². The lowest BCUT2D eigenvalue weighted by atomic mass is 10.1. The van der Waals surface area contributed by atoms with Crippen LogP contribution in [-0.2, 0) is 0 Å². The summed E-state index contributed by atoms with van der Waals surface area (Å²) in [6.07, 6.45) is 1.17. The van der Waals surface area contributed by atoms with Gasteiger partial charge in [0.05, 0.1) is 12.1 Å². The van der Waals surface area contributed by atoms with Gasteiger partial charge in [0, 0.05) is 11.9 Å². The fourth-order valence-electron chi connectivity index (χ4n) is 0.955. The molecule has 2 unspecified atom stereocenters. The van der Waals surface area contributed by atoms with Crippen molar-refractivity contribution >= 4 is 0 Å². The minimum Gasteiger partial charge on any atom is -0.391 e. The third-order valence-electron chi connectivity index (χ3n) is 1.84. The van der Waals surface area contributed by atoms with E-state index in [1.165, 1.54) is 0 Å². The Morgan fingerprint density at radius 3 is 2.58 bits per heavy atom. The summed E-state index contributed by atoms with van der Waals surface area (Å²) in [7, 11) is 0.